The largest absolute Gasteiger partial charge is 0.422 e. The van der Waals surface area contributed by atoms with E-state index in [1.807, 2.05) is 30.3 Å². The van der Waals surface area contributed by atoms with Crippen LogP contribution in [0.2, 0.25) is 0 Å². The van der Waals surface area contributed by atoms with Gasteiger partial charge in [-0.1, -0.05) is 34.1 Å². The van der Waals surface area contributed by atoms with Gasteiger partial charge in [0.1, 0.15) is 6.07 Å². The molecular weight excluding hydrogens is 296 g/mol. The molecule has 5 nitrogen and oxygen atoms in total. The summed E-state index contributed by atoms with van der Waals surface area (Å²) in [5.74, 6) is 0.670. The average molecular weight is 305 g/mol. The number of nitriles is 1. The first kappa shape index (κ1) is 12.3. The zero-order chi connectivity index (χ0) is 13.0. The number of nitrogens with one attached hydrogen (secondary N) is 1. The van der Waals surface area contributed by atoms with Crippen LogP contribution in [0.15, 0.2) is 38.3 Å². The SMILES string of the molecule is Cc1nc(C#N)c(NN=Cc2ccccc2Br)o1. The number of rotatable bonds is 3. The monoisotopic (exact) mass is 304 g/mol. The summed E-state index contributed by atoms with van der Waals surface area (Å²) in [6.45, 7) is 1.67. The number of benzene rings is 1. The normalized spacial score (nSPS) is 10.5. The van der Waals surface area contributed by atoms with Gasteiger partial charge in [-0.2, -0.15) is 10.4 Å². The number of aryl methyl sites for hydroxylation is 1. The average Bonchev–Trinajstić information content (AvgIpc) is 2.72. The summed E-state index contributed by atoms with van der Waals surface area (Å²) >= 11 is 3.41. The van der Waals surface area contributed by atoms with Crippen molar-refractivity contribution in [2.75, 3.05) is 5.43 Å². The van der Waals surface area contributed by atoms with E-state index in [1.165, 1.54) is 0 Å². The van der Waals surface area contributed by atoms with E-state index in [2.05, 4.69) is 31.4 Å². The Hall–Kier alpha value is -2.13. The zero-order valence-electron chi connectivity index (χ0n) is 9.51. The molecule has 1 aromatic carbocycles. The highest BCUT2D eigenvalue weighted by molar-refractivity contribution is 9.10. The number of hydrogen-bond donors (Lipinski definition) is 1. The molecule has 0 bridgehead atoms. The van der Waals surface area contributed by atoms with Crippen molar-refractivity contribution in [2.24, 2.45) is 5.10 Å². The van der Waals surface area contributed by atoms with Gasteiger partial charge >= 0.3 is 0 Å². The first-order valence-corrected chi connectivity index (χ1v) is 5.91. The summed E-state index contributed by atoms with van der Waals surface area (Å²) < 4.78 is 6.14. The molecule has 0 spiro atoms. The Bertz CT molecular complexity index is 627. The summed E-state index contributed by atoms with van der Waals surface area (Å²) in [5.41, 5.74) is 3.77. The lowest BCUT2D eigenvalue weighted by Crippen LogP contribution is -1.92. The molecule has 0 amide bonds. The summed E-state index contributed by atoms with van der Waals surface area (Å²) in [7, 11) is 0. The maximum Gasteiger partial charge on any atom is 0.252 e. The fraction of sp³-hybridized carbons (Fsp3) is 0.0833. The van der Waals surface area contributed by atoms with Gasteiger partial charge < -0.3 is 4.42 Å². The van der Waals surface area contributed by atoms with E-state index < -0.39 is 0 Å². The minimum atomic E-state index is 0.191. The molecule has 0 saturated carbocycles. The van der Waals surface area contributed by atoms with E-state index in [-0.39, 0.29) is 11.6 Å². The minimum Gasteiger partial charge on any atom is -0.422 e. The molecule has 0 aliphatic heterocycles. The van der Waals surface area contributed by atoms with Gasteiger partial charge in [0.2, 0.25) is 5.69 Å². The molecule has 6 heteroatoms. The molecule has 0 unspecified atom stereocenters. The van der Waals surface area contributed by atoms with Gasteiger partial charge in [0.15, 0.2) is 5.89 Å². The topological polar surface area (TPSA) is 74.2 Å². The van der Waals surface area contributed by atoms with Gasteiger partial charge in [-0.15, -0.1) is 0 Å². The van der Waals surface area contributed by atoms with E-state index in [4.69, 9.17) is 9.68 Å². The summed E-state index contributed by atoms with van der Waals surface area (Å²) in [4.78, 5) is 3.90. The zero-order valence-corrected chi connectivity index (χ0v) is 11.1. The predicted molar refractivity (Wildman–Crippen MR) is 71.3 cm³/mol. The highest BCUT2D eigenvalue weighted by Gasteiger charge is 2.08. The number of nitrogens with zero attached hydrogens (tertiary/aromatic N) is 3. The van der Waals surface area contributed by atoms with Gasteiger partial charge in [0, 0.05) is 17.0 Å². The fourth-order valence-electron chi connectivity index (χ4n) is 1.32. The molecule has 1 heterocycles. The van der Waals surface area contributed by atoms with Gasteiger partial charge in [-0.3, -0.25) is 0 Å². The Balaban J connectivity index is 2.13. The first-order valence-electron chi connectivity index (χ1n) is 5.12. The Kier molecular flexibility index (Phi) is 3.75. The second-order valence-corrected chi connectivity index (χ2v) is 4.27. The summed E-state index contributed by atoms with van der Waals surface area (Å²) in [6, 6.07) is 9.58. The van der Waals surface area contributed by atoms with Crippen LogP contribution >= 0.6 is 15.9 Å². The Labute approximate surface area is 112 Å². The van der Waals surface area contributed by atoms with Gasteiger partial charge in [0.05, 0.1) is 6.21 Å². The molecule has 0 atom stereocenters. The number of hydrazone groups is 1. The quantitative estimate of drug-likeness (QED) is 0.698. The summed E-state index contributed by atoms with van der Waals surface area (Å²) in [5, 5.41) is 12.8. The highest BCUT2D eigenvalue weighted by Crippen LogP contribution is 2.16. The lowest BCUT2D eigenvalue weighted by molar-refractivity contribution is 0.533. The molecule has 0 radical (unpaired) electrons. The summed E-state index contributed by atoms with van der Waals surface area (Å²) in [6.07, 6.45) is 1.63. The van der Waals surface area contributed by atoms with Crippen LogP contribution in [-0.4, -0.2) is 11.2 Å². The Morgan fingerprint density at radius 1 is 1.50 bits per heavy atom. The van der Waals surface area contributed by atoms with Gasteiger partial charge in [-0.25, -0.2) is 10.4 Å². The number of oxazole rings is 1. The molecule has 90 valence electrons. The predicted octanol–water partition coefficient (Wildman–Crippen LogP) is 3.06. The number of anilines is 1. The third-order valence-corrected chi connectivity index (χ3v) is 2.84. The van der Waals surface area contributed by atoms with Crippen molar-refractivity contribution in [1.29, 1.82) is 5.26 Å². The van der Waals surface area contributed by atoms with Crippen LogP contribution in [-0.2, 0) is 0 Å². The number of halogens is 1. The van der Waals surface area contributed by atoms with Crippen LogP contribution < -0.4 is 5.43 Å². The molecule has 2 rings (SSSR count). The van der Waals surface area contributed by atoms with E-state index in [1.54, 1.807) is 13.1 Å². The van der Waals surface area contributed by atoms with E-state index in [9.17, 15) is 0 Å². The second kappa shape index (κ2) is 5.47. The molecular formula is C12H9BrN4O. The van der Waals surface area contributed by atoms with Crippen molar-refractivity contribution in [3.8, 4) is 6.07 Å². The van der Waals surface area contributed by atoms with Crippen molar-refractivity contribution in [1.82, 2.24) is 4.98 Å². The van der Waals surface area contributed by atoms with Crippen LogP contribution in [0.25, 0.3) is 0 Å². The lowest BCUT2D eigenvalue weighted by atomic mass is 10.2. The molecule has 18 heavy (non-hydrogen) atoms. The van der Waals surface area contributed by atoms with Crippen LogP contribution in [0.3, 0.4) is 0 Å². The fourth-order valence-corrected chi connectivity index (χ4v) is 1.71. The smallest absolute Gasteiger partial charge is 0.252 e. The van der Waals surface area contributed by atoms with E-state index in [0.29, 0.717) is 5.89 Å². The van der Waals surface area contributed by atoms with Crippen molar-refractivity contribution < 1.29 is 4.42 Å². The molecule has 1 aromatic heterocycles. The van der Waals surface area contributed by atoms with Crippen LogP contribution in [0.5, 0.6) is 0 Å². The van der Waals surface area contributed by atoms with Crippen molar-refractivity contribution >= 4 is 28.0 Å². The minimum absolute atomic E-state index is 0.191. The van der Waals surface area contributed by atoms with Crippen LogP contribution in [0.4, 0.5) is 5.88 Å². The lowest BCUT2D eigenvalue weighted by Gasteiger charge is -1.97. The Morgan fingerprint density at radius 2 is 2.28 bits per heavy atom. The molecule has 0 saturated heterocycles. The van der Waals surface area contributed by atoms with E-state index >= 15 is 0 Å². The van der Waals surface area contributed by atoms with Gasteiger partial charge in [0.25, 0.3) is 5.88 Å². The third kappa shape index (κ3) is 2.76. The van der Waals surface area contributed by atoms with E-state index in [0.717, 1.165) is 10.0 Å². The maximum absolute atomic E-state index is 8.82. The van der Waals surface area contributed by atoms with Crippen LogP contribution in [0.1, 0.15) is 17.1 Å². The molecule has 0 aliphatic carbocycles. The number of aromatic nitrogens is 1. The van der Waals surface area contributed by atoms with Crippen LogP contribution in [0, 0.1) is 18.3 Å². The third-order valence-electron chi connectivity index (χ3n) is 2.11. The second-order valence-electron chi connectivity index (χ2n) is 3.41. The van der Waals surface area contributed by atoms with Gasteiger partial charge in [-0.05, 0) is 6.07 Å². The Morgan fingerprint density at radius 3 is 3.00 bits per heavy atom. The first-order chi connectivity index (χ1) is 8.70. The standard InChI is InChI=1S/C12H9BrN4O/c1-8-16-11(6-14)12(18-8)17-15-7-9-4-2-3-5-10(9)13/h2-5,7,17H,1H3. The van der Waals surface area contributed by atoms with Crippen molar-refractivity contribution in [2.45, 2.75) is 6.92 Å². The molecule has 0 fully saturated rings. The number of hydrogen-bond acceptors (Lipinski definition) is 5. The maximum atomic E-state index is 8.82. The highest BCUT2D eigenvalue weighted by atomic mass is 79.9. The molecule has 1 N–H and O–H groups in total. The molecule has 2 aromatic rings. The van der Waals surface area contributed by atoms with Crippen molar-refractivity contribution in [3.05, 3.63) is 45.9 Å². The molecule has 0 aliphatic rings. The van der Waals surface area contributed by atoms with Crippen molar-refractivity contribution in [3.63, 3.8) is 0 Å².